The largest absolute Gasteiger partial charge is 0.497 e. The van der Waals surface area contributed by atoms with Crippen LogP contribution in [-0.4, -0.2) is 24.3 Å². The molecule has 0 radical (unpaired) electrons. The van der Waals surface area contributed by atoms with Gasteiger partial charge in [-0.15, -0.1) is 0 Å². The maximum absolute atomic E-state index is 11.7. The van der Waals surface area contributed by atoms with E-state index in [2.05, 4.69) is 0 Å². The lowest BCUT2D eigenvalue weighted by molar-refractivity contribution is -0.146. The van der Waals surface area contributed by atoms with Crippen molar-refractivity contribution in [1.29, 1.82) is 0 Å². The van der Waals surface area contributed by atoms with Crippen LogP contribution in [0.3, 0.4) is 0 Å². The lowest BCUT2D eigenvalue weighted by Gasteiger charge is -2.13. The molecule has 2 rings (SSSR count). The van der Waals surface area contributed by atoms with E-state index in [1.807, 2.05) is 24.3 Å². The second-order valence-electron chi connectivity index (χ2n) is 4.97. The Kier molecular flexibility index (Phi) is 4.80. The van der Waals surface area contributed by atoms with Gasteiger partial charge in [-0.1, -0.05) is 18.6 Å². The minimum atomic E-state index is -0.339. The lowest BCUT2D eigenvalue weighted by atomic mass is 10.0. The fourth-order valence-corrected chi connectivity index (χ4v) is 2.41. The van der Waals surface area contributed by atoms with E-state index in [9.17, 15) is 9.90 Å². The van der Waals surface area contributed by atoms with Crippen molar-refractivity contribution in [2.45, 2.75) is 38.4 Å². The molecule has 0 amide bonds. The molecule has 1 fully saturated rings. The predicted molar refractivity (Wildman–Crippen MR) is 70.8 cm³/mol. The molecular weight excluding hydrogens is 244 g/mol. The number of methoxy groups -OCH3 is 1. The molecule has 0 unspecified atom stereocenters. The first-order valence-electron chi connectivity index (χ1n) is 6.65. The van der Waals surface area contributed by atoms with E-state index in [0.29, 0.717) is 6.42 Å². The van der Waals surface area contributed by atoms with E-state index in [1.54, 1.807) is 7.11 Å². The topological polar surface area (TPSA) is 55.8 Å². The molecule has 1 saturated carbocycles. The smallest absolute Gasteiger partial charge is 0.306 e. The molecule has 4 heteroatoms. The van der Waals surface area contributed by atoms with Gasteiger partial charge in [0, 0.05) is 0 Å². The van der Waals surface area contributed by atoms with Gasteiger partial charge in [0.25, 0.3) is 0 Å². The van der Waals surface area contributed by atoms with Gasteiger partial charge < -0.3 is 14.6 Å². The van der Waals surface area contributed by atoms with E-state index in [4.69, 9.17) is 9.47 Å². The number of hydrogen-bond donors (Lipinski definition) is 1. The number of carbonyl (C=O) groups excluding carboxylic acids is 1. The van der Waals surface area contributed by atoms with Crippen LogP contribution >= 0.6 is 0 Å². The van der Waals surface area contributed by atoms with Gasteiger partial charge in [-0.2, -0.15) is 0 Å². The molecule has 1 N–H and O–H groups in total. The van der Waals surface area contributed by atoms with E-state index in [0.717, 1.165) is 30.6 Å². The van der Waals surface area contributed by atoms with Crippen molar-refractivity contribution >= 4 is 5.97 Å². The fraction of sp³-hybridized carbons (Fsp3) is 0.533. The summed E-state index contributed by atoms with van der Waals surface area (Å²) in [6, 6.07) is 7.42. The molecule has 4 nitrogen and oxygen atoms in total. The number of esters is 1. The molecule has 0 aliphatic heterocycles. The summed E-state index contributed by atoms with van der Waals surface area (Å²) in [4.78, 5) is 11.7. The quantitative estimate of drug-likeness (QED) is 0.829. The van der Waals surface area contributed by atoms with E-state index in [1.165, 1.54) is 0 Å². The zero-order valence-corrected chi connectivity index (χ0v) is 11.2. The van der Waals surface area contributed by atoms with Crippen molar-refractivity contribution in [3.8, 4) is 5.75 Å². The summed E-state index contributed by atoms with van der Waals surface area (Å²) < 4.78 is 10.3. The van der Waals surface area contributed by atoms with Crippen LogP contribution in [-0.2, 0) is 16.1 Å². The van der Waals surface area contributed by atoms with Crippen molar-refractivity contribution in [1.82, 2.24) is 0 Å². The van der Waals surface area contributed by atoms with Crippen LogP contribution in [0.2, 0.25) is 0 Å². The van der Waals surface area contributed by atoms with Crippen LogP contribution in [0.15, 0.2) is 24.3 Å². The molecule has 0 heterocycles. The van der Waals surface area contributed by atoms with E-state index < -0.39 is 0 Å². The zero-order chi connectivity index (χ0) is 13.7. The van der Waals surface area contributed by atoms with Crippen molar-refractivity contribution in [2.24, 2.45) is 5.92 Å². The Bertz CT molecular complexity index is 413. The monoisotopic (exact) mass is 264 g/mol. The van der Waals surface area contributed by atoms with Gasteiger partial charge in [-0.25, -0.2) is 0 Å². The van der Waals surface area contributed by atoms with Crippen molar-refractivity contribution in [3.63, 3.8) is 0 Å². The molecule has 0 saturated heterocycles. The van der Waals surface area contributed by atoms with Gasteiger partial charge in [-0.3, -0.25) is 4.79 Å². The predicted octanol–water partition coefficient (Wildman–Crippen LogP) is 2.29. The summed E-state index contributed by atoms with van der Waals surface area (Å²) in [7, 11) is 1.61. The maximum atomic E-state index is 11.7. The molecule has 1 aromatic rings. The summed E-state index contributed by atoms with van der Waals surface area (Å²) in [5.74, 6) is 0.620. The third kappa shape index (κ3) is 3.96. The van der Waals surface area contributed by atoms with Crippen LogP contribution in [0.1, 0.15) is 31.2 Å². The van der Waals surface area contributed by atoms with Crippen LogP contribution in [0.4, 0.5) is 0 Å². The first-order chi connectivity index (χ1) is 9.19. The average Bonchev–Trinajstić information content (AvgIpc) is 2.82. The lowest BCUT2D eigenvalue weighted by Crippen LogP contribution is -2.18. The van der Waals surface area contributed by atoms with Crippen LogP contribution < -0.4 is 4.74 Å². The van der Waals surface area contributed by atoms with Gasteiger partial charge >= 0.3 is 5.97 Å². The Labute approximate surface area is 113 Å². The zero-order valence-electron chi connectivity index (χ0n) is 11.2. The second-order valence-corrected chi connectivity index (χ2v) is 4.97. The highest BCUT2D eigenvalue weighted by Gasteiger charge is 2.27. The fourth-order valence-electron chi connectivity index (χ4n) is 2.41. The standard InChI is InChI=1S/C15H20O4/c1-18-13-7-5-11(6-8-13)10-19-15(17)9-12-3-2-4-14(12)16/h5-8,12,14,16H,2-4,9-10H2,1H3/t12-,14+/m0/s1. The van der Waals surface area contributed by atoms with Crippen LogP contribution in [0.25, 0.3) is 0 Å². The summed E-state index contributed by atoms with van der Waals surface area (Å²) in [6.07, 6.45) is 2.69. The second kappa shape index (κ2) is 6.57. The summed E-state index contributed by atoms with van der Waals surface area (Å²) in [6.45, 7) is 0.269. The third-order valence-electron chi connectivity index (χ3n) is 3.61. The van der Waals surface area contributed by atoms with Crippen molar-refractivity contribution in [2.75, 3.05) is 7.11 Å². The molecule has 1 aliphatic rings. The summed E-state index contributed by atoms with van der Waals surface area (Å²) in [5.41, 5.74) is 0.932. The Balaban J connectivity index is 1.76. The highest BCUT2D eigenvalue weighted by molar-refractivity contribution is 5.69. The Morgan fingerprint density at radius 1 is 1.32 bits per heavy atom. The van der Waals surface area contributed by atoms with Crippen molar-refractivity contribution < 1.29 is 19.4 Å². The minimum Gasteiger partial charge on any atom is -0.497 e. The van der Waals surface area contributed by atoms with E-state index >= 15 is 0 Å². The number of carbonyl (C=O) groups is 1. The Hall–Kier alpha value is -1.55. The van der Waals surface area contributed by atoms with Gasteiger partial charge in [0.15, 0.2) is 0 Å². The molecule has 0 aromatic heterocycles. The SMILES string of the molecule is COc1ccc(COC(=O)C[C@@H]2CCC[C@H]2O)cc1. The summed E-state index contributed by atoms with van der Waals surface area (Å²) in [5, 5.41) is 9.66. The van der Waals surface area contributed by atoms with Gasteiger partial charge in [-0.05, 0) is 36.5 Å². The number of aliphatic hydroxyl groups excluding tert-OH is 1. The molecule has 104 valence electrons. The number of aliphatic hydroxyl groups is 1. The van der Waals surface area contributed by atoms with E-state index in [-0.39, 0.29) is 24.6 Å². The highest BCUT2D eigenvalue weighted by Crippen LogP contribution is 2.28. The number of rotatable bonds is 5. The Morgan fingerprint density at radius 2 is 2.05 bits per heavy atom. The van der Waals surface area contributed by atoms with Gasteiger partial charge in [0.1, 0.15) is 12.4 Å². The summed E-state index contributed by atoms with van der Waals surface area (Å²) >= 11 is 0. The molecule has 19 heavy (non-hydrogen) atoms. The Morgan fingerprint density at radius 3 is 2.63 bits per heavy atom. The third-order valence-corrected chi connectivity index (χ3v) is 3.61. The average molecular weight is 264 g/mol. The van der Waals surface area contributed by atoms with Crippen LogP contribution in [0.5, 0.6) is 5.75 Å². The maximum Gasteiger partial charge on any atom is 0.306 e. The number of benzene rings is 1. The van der Waals surface area contributed by atoms with Gasteiger partial charge in [0.05, 0.1) is 19.6 Å². The molecule has 2 atom stereocenters. The molecule has 1 aromatic carbocycles. The normalized spacial score (nSPS) is 22.2. The first-order valence-corrected chi connectivity index (χ1v) is 6.65. The molecule has 0 bridgehead atoms. The molecular formula is C15H20O4. The van der Waals surface area contributed by atoms with Crippen LogP contribution in [0, 0.1) is 5.92 Å². The van der Waals surface area contributed by atoms with Crippen molar-refractivity contribution in [3.05, 3.63) is 29.8 Å². The number of ether oxygens (including phenoxy) is 2. The van der Waals surface area contributed by atoms with Gasteiger partial charge in [0.2, 0.25) is 0 Å². The first kappa shape index (κ1) is 13.9. The molecule has 1 aliphatic carbocycles. The number of hydrogen-bond acceptors (Lipinski definition) is 4. The minimum absolute atomic E-state index is 0.0726. The molecule has 0 spiro atoms. The highest BCUT2D eigenvalue weighted by atomic mass is 16.5.